The molecule has 0 saturated carbocycles. The minimum Gasteiger partial charge on any atom is -0.467 e. The van der Waals surface area contributed by atoms with Gasteiger partial charge < -0.3 is 15.4 Å². The summed E-state index contributed by atoms with van der Waals surface area (Å²) in [6.07, 6.45) is 0.253. The first-order valence-corrected chi connectivity index (χ1v) is 10.2. The molecule has 2 amide bonds. The summed E-state index contributed by atoms with van der Waals surface area (Å²) in [4.78, 5) is 36.7. The summed E-state index contributed by atoms with van der Waals surface area (Å²) in [5.74, 6) is -2.02. The molecule has 0 aliphatic heterocycles. The van der Waals surface area contributed by atoms with E-state index in [0.29, 0.717) is 16.1 Å². The third-order valence-corrected chi connectivity index (χ3v) is 5.29. The van der Waals surface area contributed by atoms with Crippen LogP contribution in [0.5, 0.6) is 0 Å². The Bertz CT molecular complexity index is 924. The second kappa shape index (κ2) is 11.1. The van der Waals surface area contributed by atoms with Crippen molar-refractivity contribution in [1.29, 1.82) is 0 Å². The lowest BCUT2D eigenvalue weighted by Crippen LogP contribution is -2.53. The zero-order valence-electron chi connectivity index (χ0n) is 16.4. The average molecular weight is 500 g/mol. The Morgan fingerprint density at radius 1 is 1.07 bits per heavy atom. The van der Waals surface area contributed by atoms with Crippen molar-refractivity contribution in [2.75, 3.05) is 7.11 Å². The van der Waals surface area contributed by atoms with Crippen LogP contribution in [0.2, 0.25) is 5.02 Å². The number of rotatable bonds is 8. The van der Waals surface area contributed by atoms with Crippen LogP contribution in [0.1, 0.15) is 18.1 Å². The first-order chi connectivity index (χ1) is 14.2. The number of carbonyl (C=O) groups is 3. The van der Waals surface area contributed by atoms with Gasteiger partial charge in [0, 0.05) is 29.3 Å². The molecule has 160 valence electrons. The number of ether oxygens (including phenoxy) is 1. The fraction of sp³-hybridized carbons (Fsp3) is 0.286. The summed E-state index contributed by atoms with van der Waals surface area (Å²) < 4.78 is 18.7. The highest BCUT2D eigenvalue weighted by Gasteiger charge is 2.28. The Labute approximate surface area is 187 Å². The highest BCUT2D eigenvalue weighted by molar-refractivity contribution is 9.10. The fourth-order valence-electron chi connectivity index (χ4n) is 2.84. The topological polar surface area (TPSA) is 84.5 Å². The van der Waals surface area contributed by atoms with Gasteiger partial charge in [0.1, 0.15) is 17.9 Å². The molecule has 0 heterocycles. The molecule has 0 aliphatic rings. The first-order valence-electron chi connectivity index (χ1n) is 9.03. The van der Waals surface area contributed by atoms with Crippen molar-refractivity contribution in [3.05, 3.63) is 68.9 Å². The molecule has 2 N–H and O–H groups in total. The van der Waals surface area contributed by atoms with E-state index < -0.39 is 35.7 Å². The van der Waals surface area contributed by atoms with Gasteiger partial charge in [-0.3, -0.25) is 9.59 Å². The van der Waals surface area contributed by atoms with E-state index in [-0.39, 0.29) is 12.8 Å². The van der Waals surface area contributed by atoms with E-state index in [4.69, 9.17) is 16.3 Å². The van der Waals surface area contributed by atoms with Crippen LogP contribution in [0.15, 0.2) is 46.9 Å². The molecule has 0 aliphatic carbocycles. The minimum atomic E-state index is -0.998. The van der Waals surface area contributed by atoms with Crippen molar-refractivity contribution in [2.45, 2.75) is 31.8 Å². The molecule has 0 spiro atoms. The maximum absolute atomic E-state index is 13.1. The predicted molar refractivity (Wildman–Crippen MR) is 115 cm³/mol. The SMILES string of the molecule is COC(=O)[C@H](Cc1cc(Cl)ccc1Br)NC(=O)[C@H](Cc1ccc(F)cc1)NC(C)=O. The molecule has 9 heteroatoms. The standard InChI is InChI=1S/C21H21BrClFN2O4/c1-12(27)25-18(9-13-3-6-16(24)7-4-13)20(28)26-19(21(29)30-2)11-14-10-15(23)5-8-17(14)22/h3-8,10,18-19H,9,11H2,1-2H3,(H,25,27)(H,26,28)/t18-,19-/m0/s1. The van der Waals surface area contributed by atoms with Crippen molar-refractivity contribution in [2.24, 2.45) is 0 Å². The van der Waals surface area contributed by atoms with E-state index in [9.17, 15) is 18.8 Å². The van der Waals surface area contributed by atoms with Gasteiger partial charge in [-0.1, -0.05) is 39.7 Å². The van der Waals surface area contributed by atoms with Gasteiger partial charge in [0.05, 0.1) is 7.11 Å². The van der Waals surface area contributed by atoms with Gasteiger partial charge in [-0.25, -0.2) is 9.18 Å². The second-order valence-corrected chi connectivity index (χ2v) is 7.90. The number of benzene rings is 2. The van der Waals surface area contributed by atoms with Crippen LogP contribution in [-0.2, 0) is 32.0 Å². The third kappa shape index (κ3) is 7.11. The van der Waals surface area contributed by atoms with Crippen LogP contribution in [-0.4, -0.2) is 37.0 Å². The molecule has 30 heavy (non-hydrogen) atoms. The summed E-state index contributed by atoms with van der Waals surface area (Å²) in [6, 6.07) is 8.75. The number of amides is 2. The highest BCUT2D eigenvalue weighted by atomic mass is 79.9. The monoisotopic (exact) mass is 498 g/mol. The summed E-state index contributed by atoms with van der Waals surface area (Å²) in [7, 11) is 1.22. The molecule has 0 radical (unpaired) electrons. The lowest BCUT2D eigenvalue weighted by molar-refractivity contribution is -0.145. The molecule has 0 unspecified atom stereocenters. The third-order valence-electron chi connectivity index (χ3n) is 4.28. The zero-order valence-corrected chi connectivity index (χ0v) is 18.7. The van der Waals surface area contributed by atoms with Crippen molar-refractivity contribution < 1.29 is 23.5 Å². The van der Waals surface area contributed by atoms with E-state index in [2.05, 4.69) is 26.6 Å². The van der Waals surface area contributed by atoms with Crippen LogP contribution in [0, 0.1) is 5.82 Å². The zero-order chi connectivity index (χ0) is 22.3. The molecule has 2 aromatic carbocycles. The van der Waals surface area contributed by atoms with Gasteiger partial charge in [-0.2, -0.15) is 0 Å². The van der Waals surface area contributed by atoms with Crippen LogP contribution < -0.4 is 10.6 Å². The number of esters is 1. The fourth-order valence-corrected chi connectivity index (χ4v) is 3.44. The second-order valence-electron chi connectivity index (χ2n) is 6.61. The molecular weight excluding hydrogens is 479 g/mol. The first kappa shape index (κ1) is 23.8. The number of hydrogen-bond acceptors (Lipinski definition) is 4. The molecule has 0 fully saturated rings. The Balaban J connectivity index is 2.20. The summed E-state index contributed by atoms with van der Waals surface area (Å²) in [5, 5.41) is 5.68. The lowest BCUT2D eigenvalue weighted by Gasteiger charge is -2.22. The molecule has 0 aromatic heterocycles. The van der Waals surface area contributed by atoms with Crippen LogP contribution in [0.3, 0.4) is 0 Å². The van der Waals surface area contributed by atoms with E-state index in [0.717, 1.165) is 4.47 Å². The number of methoxy groups -OCH3 is 1. The Morgan fingerprint density at radius 2 is 1.73 bits per heavy atom. The molecule has 0 bridgehead atoms. The van der Waals surface area contributed by atoms with Gasteiger partial charge in [-0.05, 0) is 41.5 Å². The quantitative estimate of drug-likeness (QED) is 0.547. The van der Waals surface area contributed by atoms with Crippen LogP contribution >= 0.6 is 27.5 Å². The number of halogens is 3. The number of carbonyl (C=O) groups excluding carboxylic acids is 3. The minimum absolute atomic E-state index is 0.125. The Kier molecular flexibility index (Phi) is 8.80. The maximum Gasteiger partial charge on any atom is 0.328 e. The van der Waals surface area contributed by atoms with Crippen LogP contribution in [0.25, 0.3) is 0 Å². The van der Waals surface area contributed by atoms with Crippen molar-refractivity contribution in [3.63, 3.8) is 0 Å². The maximum atomic E-state index is 13.1. The van der Waals surface area contributed by atoms with Gasteiger partial charge in [0.15, 0.2) is 0 Å². The van der Waals surface area contributed by atoms with E-state index >= 15 is 0 Å². The van der Waals surface area contributed by atoms with Gasteiger partial charge in [0.25, 0.3) is 0 Å². The van der Waals surface area contributed by atoms with E-state index in [1.165, 1.54) is 38.3 Å². The molecule has 2 atom stereocenters. The summed E-state index contributed by atoms with van der Waals surface area (Å²) >= 11 is 9.43. The van der Waals surface area contributed by atoms with Gasteiger partial charge >= 0.3 is 5.97 Å². The largest absolute Gasteiger partial charge is 0.467 e. The molecule has 0 saturated heterocycles. The predicted octanol–water partition coefficient (Wildman–Crippen LogP) is 3.19. The Morgan fingerprint density at radius 3 is 2.33 bits per heavy atom. The smallest absolute Gasteiger partial charge is 0.328 e. The van der Waals surface area contributed by atoms with E-state index in [1.54, 1.807) is 18.2 Å². The lowest BCUT2D eigenvalue weighted by atomic mass is 10.0. The molecular formula is C21H21BrClFN2O4. The van der Waals surface area contributed by atoms with Crippen molar-refractivity contribution in [1.82, 2.24) is 10.6 Å². The number of hydrogen-bond donors (Lipinski definition) is 2. The number of nitrogens with one attached hydrogen (secondary N) is 2. The van der Waals surface area contributed by atoms with Crippen molar-refractivity contribution >= 4 is 45.3 Å². The van der Waals surface area contributed by atoms with Crippen LogP contribution in [0.4, 0.5) is 4.39 Å². The van der Waals surface area contributed by atoms with Crippen molar-refractivity contribution in [3.8, 4) is 0 Å². The molecule has 2 aromatic rings. The normalized spacial score (nSPS) is 12.6. The average Bonchev–Trinajstić information content (AvgIpc) is 2.70. The highest BCUT2D eigenvalue weighted by Crippen LogP contribution is 2.22. The Hall–Kier alpha value is -2.45. The molecule has 2 rings (SSSR count). The summed E-state index contributed by atoms with van der Waals surface area (Å²) in [6.45, 7) is 1.28. The summed E-state index contributed by atoms with van der Waals surface area (Å²) in [5.41, 5.74) is 1.35. The van der Waals surface area contributed by atoms with Gasteiger partial charge in [0.2, 0.25) is 11.8 Å². The van der Waals surface area contributed by atoms with E-state index in [1.807, 2.05) is 0 Å². The molecule has 6 nitrogen and oxygen atoms in total. The van der Waals surface area contributed by atoms with Gasteiger partial charge in [-0.15, -0.1) is 0 Å².